The number of alkyl halides is 3. The maximum absolute atomic E-state index is 13.2. The van der Waals surface area contributed by atoms with Gasteiger partial charge in [-0.25, -0.2) is 8.78 Å². The lowest BCUT2D eigenvalue weighted by molar-refractivity contribution is -0.175. The highest BCUT2D eigenvalue weighted by molar-refractivity contribution is 5.94. The third kappa shape index (κ3) is 5.65. The summed E-state index contributed by atoms with van der Waals surface area (Å²) in [6, 6.07) is 2.85. The molecule has 10 heteroatoms. The van der Waals surface area contributed by atoms with Crippen LogP contribution in [-0.4, -0.2) is 67.2 Å². The monoisotopic (exact) mass is 380 g/mol. The Bertz CT molecular complexity index is 658. The third-order valence-electron chi connectivity index (χ3n) is 3.81. The van der Waals surface area contributed by atoms with E-state index in [9.17, 15) is 31.5 Å². The van der Waals surface area contributed by atoms with Gasteiger partial charge in [0, 0.05) is 31.7 Å². The molecule has 0 atom stereocenters. The molecule has 0 aliphatic carbocycles. The van der Waals surface area contributed by atoms with Crippen LogP contribution in [-0.2, 0) is 9.53 Å². The molecule has 0 bridgehead atoms. The number of carbonyl (C=O) groups is 2. The van der Waals surface area contributed by atoms with Gasteiger partial charge in [-0.05, 0) is 18.2 Å². The minimum atomic E-state index is -4.44. The predicted molar refractivity (Wildman–Crippen MR) is 80.3 cm³/mol. The van der Waals surface area contributed by atoms with E-state index in [2.05, 4.69) is 4.74 Å². The SMILES string of the molecule is O=C(CCOCC(F)(F)F)N1CCN(C(=O)c2ccc(F)c(F)c2)CC1. The standard InChI is InChI=1S/C16H17F5N2O3/c17-12-2-1-11(9-13(12)18)15(25)23-6-4-22(5-7-23)14(24)3-8-26-10-16(19,20)21/h1-2,9H,3-8,10H2. The van der Waals surface area contributed by atoms with Gasteiger partial charge in [0.15, 0.2) is 11.6 Å². The summed E-state index contributed by atoms with van der Waals surface area (Å²) < 4.78 is 66.3. The van der Waals surface area contributed by atoms with Crippen molar-refractivity contribution in [3.63, 3.8) is 0 Å². The van der Waals surface area contributed by atoms with Crippen LogP contribution in [0.2, 0.25) is 0 Å². The average molecular weight is 380 g/mol. The summed E-state index contributed by atoms with van der Waals surface area (Å²) in [5.41, 5.74) is 0.00391. The Morgan fingerprint density at radius 1 is 1.00 bits per heavy atom. The van der Waals surface area contributed by atoms with E-state index >= 15 is 0 Å². The molecule has 0 radical (unpaired) electrons. The van der Waals surface area contributed by atoms with Gasteiger partial charge in [0.05, 0.1) is 13.0 Å². The highest BCUT2D eigenvalue weighted by Crippen LogP contribution is 2.15. The largest absolute Gasteiger partial charge is 0.411 e. The summed E-state index contributed by atoms with van der Waals surface area (Å²) in [4.78, 5) is 27.0. The molecule has 1 aromatic rings. The van der Waals surface area contributed by atoms with Crippen LogP contribution >= 0.6 is 0 Å². The third-order valence-corrected chi connectivity index (χ3v) is 3.81. The normalized spacial score (nSPS) is 15.3. The zero-order valence-corrected chi connectivity index (χ0v) is 13.7. The molecule has 2 amide bonds. The topological polar surface area (TPSA) is 49.9 Å². The second kappa shape index (κ2) is 8.43. The van der Waals surface area contributed by atoms with Gasteiger partial charge in [-0.3, -0.25) is 9.59 Å². The number of hydrogen-bond donors (Lipinski definition) is 0. The molecule has 5 nitrogen and oxygen atoms in total. The molecule has 1 aliphatic heterocycles. The molecule has 2 rings (SSSR count). The van der Waals surface area contributed by atoms with Gasteiger partial charge in [-0.1, -0.05) is 0 Å². The molecule has 1 fully saturated rings. The first kappa shape index (κ1) is 20.1. The predicted octanol–water partition coefficient (Wildman–Crippen LogP) is 2.22. The minimum Gasteiger partial charge on any atom is -0.372 e. The average Bonchev–Trinajstić information content (AvgIpc) is 2.59. The van der Waals surface area contributed by atoms with Crippen molar-refractivity contribution in [1.82, 2.24) is 9.80 Å². The van der Waals surface area contributed by atoms with E-state index in [1.807, 2.05) is 0 Å². The second-order valence-corrected chi connectivity index (χ2v) is 5.72. The van der Waals surface area contributed by atoms with Gasteiger partial charge in [-0.15, -0.1) is 0 Å². The van der Waals surface area contributed by atoms with E-state index in [4.69, 9.17) is 0 Å². The molecule has 1 aliphatic rings. The maximum atomic E-state index is 13.2. The number of ether oxygens (including phenoxy) is 1. The van der Waals surface area contributed by atoms with E-state index in [0.717, 1.165) is 12.1 Å². The first-order valence-corrected chi connectivity index (χ1v) is 7.84. The van der Waals surface area contributed by atoms with Gasteiger partial charge < -0.3 is 14.5 Å². The van der Waals surface area contributed by atoms with Crippen molar-refractivity contribution in [2.75, 3.05) is 39.4 Å². The minimum absolute atomic E-state index is 0.00391. The number of piperazine rings is 1. The van der Waals surface area contributed by atoms with Crippen molar-refractivity contribution in [3.8, 4) is 0 Å². The van der Waals surface area contributed by atoms with Gasteiger partial charge in [-0.2, -0.15) is 13.2 Å². The lowest BCUT2D eigenvalue weighted by Crippen LogP contribution is -2.50. The summed E-state index contributed by atoms with van der Waals surface area (Å²) in [6.07, 6.45) is -4.62. The van der Waals surface area contributed by atoms with Crippen molar-refractivity contribution >= 4 is 11.8 Å². The fourth-order valence-electron chi connectivity index (χ4n) is 2.48. The summed E-state index contributed by atoms with van der Waals surface area (Å²) in [5, 5.41) is 0. The molecule has 1 heterocycles. The number of carbonyl (C=O) groups excluding carboxylic acids is 2. The Morgan fingerprint density at radius 2 is 1.62 bits per heavy atom. The Morgan fingerprint density at radius 3 is 2.19 bits per heavy atom. The molecule has 1 saturated heterocycles. The summed E-state index contributed by atoms with van der Waals surface area (Å²) >= 11 is 0. The Labute approximate surface area is 146 Å². The van der Waals surface area contributed by atoms with Gasteiger partial charge in [0.25, 0.3) is 5.91 Å². The van der Waals surface area contributed by atoms with E-state index < -0.39 is 30.3 Å². The lowest BCUT2D eigenvalue weighted by atomic mass is 10.1. The van der Waals surface area contributed by atoms with Gasteiger partial charge >= 0.3 is 6.18 Å². The smallest absolute Gasteiger partial charge is 0.372 e. The first-order valence-electron chi connectivity index (χ1n) is 7.84. The van der Waals surface area contributed by atoms with Crippen molar-refractivity contribution in [2.45, 2.75) is 12.6 Å². The highest BCUT2D eigenvalue weighted by Gasteiger charge is 2.28. The molecular formula is C16H17F5N2O3. The molecule has 0 unspecified atom stereocenters. The maximum Gasteiger partial charge on any atom is 0.411 e. The van der Waals surface area contributed by atoms with Crippen molar-refractivity contribution in [3.05, 3.63) is 35.4 Å². The summed E-state index contributed by atoms with van der Waals surface area (Å²) in [5.74, 6) is -3.02. The number of nitrogens with zero attached hydrogens (tertiary/aromatic N) is 2. The van der Waals surface area contributed by atoms with Crippen LogP contribution in [0.3, 0.4) is 0 Å². The van der Waals surface area contributed by atoms with E-state index in [1.54, 1.807) is 0 Å². The second-order valence-electron chi connectivity index (χ2n) is 5.72. The fraction of sp³-hybridized carbons (Fsp3) is 0.500. The molecule has 144 valence electrons. The number of amides is 2. The zero-order chi connectivity index (χ0) is 19.3. The Hall–Kier alpha value is -2.23. The quantitative estimate of drug-likeness (QED) is 0.582. The van der Waals surface area contributed by atoms with Crippen LogP contribution in [0.15, 0.2) is 18.2 Å². The molecular weight excluding hydrogens is 363 g/mol. The summed E-state index contributed by atoms with van der Waals surface area (Å²) in [6.45, 7) is -0.968. The van der Waals surface area contributed by atoms with Crippen LogP contribution in [0.1, 0.15) is 16.8 Å². The van der Waals surface area contributed by atoms with Gasteiger partial charge in [0.2, 0.25) is 5.91 Å². The molecule has 1 aromatic carbocycles. The van der Waals surface area contributed by atoms with E-state index in [-0.39, 0.29) is 50.7 Å². The fourth-order valence-corrected chi connectivity index (χ4v) is 2.48. The van der Waals surface area contributed by atoms with Crippen molar-refractivity contribution in [2.24, 2.45) is 0 Å². The number of halogens is 5. The van der Waals surface area contributed by atoms with Crippen LogP contribution in [0.25, 0.3) is 0 Å². The van der Waals surface area contributed by atoms with Crippen LogP contribution < -0.4 is 0 Å². The number of rotatable bonds is 5. The van der Waals surface area contributed by atoms with Crippen molar-refractivity contribution in [1.29, 1.82) is 0 Å². The lowest BCUT2D eigenvalue weighted by Gasteiger charge is -2.35. The number of hydrogen-bond acceptors (Lipinski definition) is 3. The van der Waals surface area contributed by atoms with Crippen LogP contribution in [0.4, 0.5) is 22.0 Å². The molecule has 0 N–H and O–H groups in total. The molecule has 26 heavy (non-hydrogen) atoms. The zero-order valence-electron chi connectivity index (χ0n) is 13.7. The van der Waals surface area contributed by atoms with Crippen LogP contribution in [0.5, 0.6) is 0 Å². The Kier molecular flexibility index (Phi) is 6.52. The van der Waals surface area contributed by atoms with Crippen molar-refractivity contribution < 1.29 is 36.3 Å². The van der Waals surface area contributed by atoms with E-state index in [0.29, 0.717) is 0 Å². The highest BCUT2D eigenvalue weighted by atomic mass is 19.4. The Balaban J connectivity index is 1.78. The number of benzene rings is 1. The van der Waals surface area contributed by atoms with Crippen LogP contribution in [0, 0.1) is 11.6 Å². The van der Waals surface area contributed by atoms with Gasteiger partial charge in [0.1, 0.15) is 6.61 Å². The summed E-state index contributed by atoms with van der Waals surface area (Å²) in [7, 11) is 0. The first-order chi connectivity index (χ1) is 12.2. The molecule has 0 saturated carbocycles. The molecule has 0 spiro atoms. The molecule has 0 aromatic heterocycles. The van der Waals surface area contributed by atoms with E-state index in [1.165, 1.54) is 15.9 Å².